The van der Waals surface area contributed by atoms with Gasteiger partial charge in [0.05, 0.1) is 0 Å². The van der Waals surface area contributed by atoms with Gasteiger partial charge in [0, 0.05) is 0 Å². The van der Waals surface area contributed by atoms with Crippen molar-refractivity contribution in [2.75, 3.05) is 0 Å². The normalized spacial score (nSPS) is 24.3. The van der Waals surface area contributed by atoms with Gasteiger partial charge in [-0.2, -0.15) is 0 Å². The Hall–Kier alpha value is -1.34. The molecule has 98 valence electrons. The van der Waals surface area contributed by atoms with Crippen LogP contribution in [0.3, 0.4) is 0 Å². The van der Waals surface area contributed by atoms with Crippen LogP contribution >= 0.6 is 0 Å². The van der Waals surface area contributed by atoms with Crippen LogP contribution in [-0.2, 0) is 26.2 Å². The molecular formula is C13H8O4S2-2. The van der Waals surface area contributed by atoms with E-state index in [1.54, 1.807) is 18.2 Å². The fourth-order valence-electron chi connectivity index (χ4n) is 2.43. The first-order valence-electron chi connectivity index (χ1n) is 5.47. The Kier molecular flexibility index (Phi) is 2.90. The van der Waals surface area contributed by atoms with Gasteiger partial charge in [0.25, 0.3) is 0 Å². The summed E-state index contributed by atoms with van der Waals surface area (Å²) in [6.45, 7) is 0. The van der Waals surface area contributed by atoms with Crippen molar-refractivity contribution < 1.29 is 17.5 Å². The minimum Gasteiger partial charge on any atom is -0.771 e. The summed E-state index contributed by atoms with van der Waals surface area (Å²) in [5.41, 5.74) is 1.10. The molecule has 2 unspecified atom stereocenters. The summed E-state index contributed by atoms with van der Waals surface area (Å²) in [5, 5.41) is 1.49. The number of benzene rings is 2. The highest BCUT2D eigenvalue weighted by Crippen LogP contribution is 2.42. The summed E-state index contributed by atoms with van der Waals surface area (Å²) in [6.07, 6.45) is 2.76. The molecule has 0 saturated heterocycles. The molecule has 19 heavy (non-hydrogen) atoms. The average Bonchev–Trinajstić information content (AvgIpc) is 2.39. The first-order chi connectivity index (χ1) is 9.07. The van der Waals surface area contributed by atoms with Gasteiger partial charge in [-0.3, -0.25) is 8.42 Å². The van der Waals surface area contributed by atoms with Crippen molar-refractivity contribution in [3.63, 3.8) is 0 Å². The van der Waals surface area contributed by atoms with Crippen molar-refractivity contribution in [3.8, 4) is 0 Å². The van der Waals surface area contributed by atoms with Gasteiger partial charge in [0.15, 0.2) is 0 Å². The first kappa shape index (κ1) is 12.7. The fourth-order valence-corrected chi connectivity index (χ4v) is 3.94. The second-order valence-corrected chi connectivity index (χ2v) is 6.71. The Bertz CT molecular complexity index is 732. The summed E-state index contributed by atoms with van der Waals surface area (Å²) in [5.74, 6) is 0. The molecule has 0 bridgehead atoms. The van der Waals surface area contributed by atoms with E-state index in [1.807, 2.05) is 24.3 Å². The zero-order valence-corrected chi connectivity index (χ0v) is 11.2. The minimum atomic E-state index is -2.80. The molecule has 0 radical (unpaired) electrons. The maximum absolute atomic E-state index is 11.5. The largest absolute Gasteiger partial charge is 0.771 e. The highest BCUT2D eigenvalue weighted by Gasteiger charge is 2.36. The minimum absolute atomic E-state index is 0.282. The fraction of sp³-hybridized carbons (Fsp3) is 0.0769. The van der Waals surface area contributed by atoms with Crippen molar-refractivity contribution in [1.29, 1.82) is 0 Å². The molecule has 0 saturated carbocycles. The quantitative estimate of drug-likeness (QED) is 0.790. The lowest BCUT2D eigenvalue weighted by Crippen LogP contribution is -2.35. The molecule has 0 aliphatic heterocycles. The second-order valence-electron chi connectivity index (χ2n) is 4.22. The third-order valence-electron chi connectivity index (χ3n) is 3.29. The number of hydrogen-bond acceptors (Lipinski definition) is 4. The van der Waals surface area contributed by atoms with E-state index in [2.05, 4.69) is 0 Å². The van der Waals surface area contributed by atoms with Gasteiger partial charge in [0.2, 0.25) is 0 Å². The predicted molar refractivity (Wildman–Crippen MR) is 72.5 cm³/mol. The van der Waals surface area contributed by atoms with Gasteiger partial charge in [-0.05, 0) is 44.1 Å². The number of hydrogen-bond donors (Lipinski definition) is 0. The van der Waals surface area contributed by atoms with Crippen LogP contribution in [0.2, 0.25) is 0 Å². The van der Waals surface area contributed by atoms with E-state index >= 15 is 0 Å². The van der Waals surface area contributed by atoms with E-state index in [0.29, 0.717) is 5.39 Å². The lowest BCUT2D eigenvalue weighted by atomic mass is 9.92. The molecule has 0 aromatic heterocycles. The smallest absolute Gasteiger partial charge is 0.138 e. The summed E-state index contributed by atoms with van der Waals surface area (Å²) in [4.78, 5) is 0. The van der Waals surface area contributed by atoms with Crippen LogP contribution in [0.4, 0.5) is 0 Å². The van der Waals surface area contributed by atoms with E-state index in [4.69, 9.17) is 0 Å². The predicted octanol–water partition coefficient (Wildman–Crippen LogP) is 1.78. The van der Waals surface area contributed by atoms with Crippen LogP contribution in [-0.4, -0.2) is 17.5 Å². The van der Waals surface area contributed by atoms with Crippen LogP contribution in [0.25, 0.3) is 16.8 Å². The Morgan fingerprint density at radius 3 is 2.21 bits per heavy atom. The molecule has 1 aliphatic carbocycles. The van der Waals surface area contributed by atoms with Gasteiger partial charge in [0.1, 0.15) is 4.08 Å². The molecule has 2 aromatic carbocycles. The highest BCUT2D eigenvalue weighted by molar-refractivity contribution is 7.98. The highest BCUT2D eigenvalue weighted by atomic mass is 32.3. The van der Waals surface area contributed by atoms with Crippen LogP contribution in [0.5, 0.6) is 0 Å². The Morgan fingerprint density at radius 2 is 1.58 bits per heavy atom. The van der Waals surface area contributed by atoms with Gasteiger partial charge in [-0.1, -0.05) is 48.6 Å². The average molecular weight is 292 g/mol. The van der Waals surface area contributed by atoms with Crippen LogP contribution in [0.1, 0.15) is 11.1 Å². The Balaban J connectivity index is 2.48. The molecular weight excluding hydrogens is 284 g/mol. The third kappa shape index (κ3) is 1.64. The standard InChI is InChI=1S/C13H10O4S2/c14-18(15)13(19(16)17)8-7-10-4-1-3-9-5-2-6-11(13)12(9)10/h1-8H,(H,14,15)(H,16,17)/p-2. The van der Waals surface area contributed by atoms with E-state index in [1.165, 1.54) is 6.08 Å². The zero-order chi connectivity index (χ0) is 13.6. The topological polar surface area (TPSA) is 80.3 Å². The van der Waals surface area contributed by atoms with Crippen molar-refractivity contribution in [2.45, 2.75) is 4.08 Å². The van der Waals surface area contributed by atoms with Crippen molar-refractivity contribution >= 4 is 39.0 Å². The summed E-state index contributed by atoms with van der Waals surface area (Å²) >= 11 is -5.61. The summed E-state index contributed by atoms with van der Waals surface area (Å²) < 4.78 is 44.1. The SMILES string of the molecule is O=S([O-])C1(S(=O)[O-])C=Cc2cccc3cccc1c23. The molecule has 0 heterocycles. The molecule has 1 aliphatic rings. The molecule has 4 nitrogen and oxygen atoms in total. The van der Waals surface area contributed by atoms with Gasteiger partial charge < -0.3 is 9.11 Å². The van der Waals surface area contributed by atoms with Crippen molar-refractivity contribution in [3.05, 3.63) is 53.6 Å². The zero-order valence-electron chi connectivity index (χ0n) is 9.57. The maximum atomic E-state index is 11.5. The first-order valence-corrected chi connectivity index (χ1v) is 7.62. The third-order valence-corrected chi connectivity index (χ3v) is 5.81. The lowest BCUT2D eigenvalue weighted by Gasteiger charge is -2.38. The molecule has 3 rings (SSSR count). The molecule has 0 spiro atoms. The van der Waals surface area contributed by atoms with E-state index < -0.39 is 26.2 Å². The molecule has 0 amide bonds. The van der Waals surface area contributed by atoms with E-state index in [0.717, 1.165) is 10.9 Å². The molecule has 0 fully saturated rings. The molecule has 0 N–H and O–H groups in total. The van der Waals surface area contributed by atoms with Gasteiger partial charge >= 0.3 is 0 Å². The van der Waals surface area contributed by atoms with Crippen molar-refractivity contribution in [1.82, 2.24) is 0 Å². The lowest BCUT2D eigenvalue weighted by molar-refractivity contribution is 0.500. The van der Waals surface area contributed by atoms with Gasteiger partial charge in [-0.15, -0.1) is 0 Å². The number of rotatable bonds is 2. The van der Waals surface area contributed by atoms with Crippen LogP contribution < -0.4 is 0 Å². The second kappa shape index (κ2) is 4.35. The molecule has 6 heteroatoms. The Labute approximate surface area is 114 Å². The van der Waals surface area contributed by atoms with Crippen LogP contribution in [0.15, 0.2) is 42.5 Å². The molecule has 2 atom stereocenters. The van der Waals surface area contributed by atoms with E-state index in [9.17, 15) is 17.5 Å². The van der Waals surface area contributed by atoms with Crippen molar-refractivity contribution in [2.24, 2.45) is 0 Å². The van der Waals surface area contributed by atoms with Gasteiger partial charge in [-0.25, -0.2) is 0 Å². The maximum Gasteiger partial charge on any atom is 0.138 e. The summed E-state index contributed by atoms with van der Waals surface area (Å²) in [6, 6.07) is 10.5. The van der Waals surface area contributed by atoms with E-state index in [-0.39, 0.29) is 5.56 Å². The Morgan fingerprint density at radius 1 is 0.947 bits per heavy atom. The monoisotopic (exact) mass is 292 g/mol. The molecule has 2 aromatic rings. The summed E-state index contributed by atoms with van der Waals surface area (Å²) in [7, 11) is 0. The van der Waals surface area contributed by atoms with Crippen LogP contribution in [0, 0.1) is 0 Å².